The molecule has 1 atom stereocenters. The van der Waals surface area contributed by atoms with Crippen molar-refractivity contribution in [1.82, 2.24) is 0 Å². The lowest BCUT2D eigenvalue weighted by Gasteiger charge is -2.51. The third-order valence-electron chi connectivity index (χ3n) is 8.84. The van der Waals surface area contributed by atoms with E-state index in [9.17, 15) is 0 Å². The average molecular weight is 567 g/mol. The number of benzene rings is 4. The number of halogens is 1. The predicted octanol–water partition coefficient (Wildman–Crippen LogP) is 8.88. The summed E-state index contributed by atoms with van der Waals surface area (Å²) in [7, 11) is -1.67. The maximum atomic E-state index is 8.51. The van der Waals surface area contributed by atoms with Crippen molar-refractivity contribution in [3.8, 4) is 0 Å². The highest BCUT2D eigenvalue weighted by Gasteiger charge is 2.58. The minimum absolute atomic E-state index is 0.301. The van der Waals surface area contributed by atoms with Crippen LogP contribution < -0.4 is 21.2 Å². The van der Waals surface area contributed by atoms with Crippen molar-refractivity contribution >= 4 is 48.7 Å². The number of alkyl halides is 1. The monoisotopic (exact) mass is 566 g/mol. The van der Waals surface area contributed by atoms with Crippen LogP contribution in [0, 0.1) is 5.41 Å². The summed E-state index contributed by atoms with van der Waals surface area (Å²) >= 11 is 8.51. The molecule has 0 amide bonds. The molecule has 1 aliphatic carbocycles. The van der Waals surface area contributed by atoms with Crippen molar-refractivity contribution in [2.24, 2.45) is 5.41 Å². The Kier molecular flexibility index (Phi) is 8.31. The molecule has 3 heteroatoms. The van der Waals surface area contributed by atoms with Crippen molar-refractivity contribution < 1.29 is 0 Å². The molecular formula is C36H37ClP2. The van der Waals surface area contributed by atoms with Gasteiger partial charge in [0.1, 0.15) is 0 Å². The Bertz CT molecular complexity index is 1370. The lowest BCUT2D eigenvalue weighted by molar-refractivity contribution is 0.446. The van der Waals surface area contributed by atoms with Crippen molar-refractivity contribution in [3.63, 3.8) is 0 Å². The second-order valence-corrected chi connectivity index (χ2v) is 16.2. The Labute approximate surface area is 242 Å². The summed E-state index contributed by atoms with van der Waals surface area (Å²) in [5, 5.41) is 5.40. The maximum absolute atomic E-state index is 8.51. The van der Waals surface area contributed by atoms with Gasteiger partial charge in [-0.25, -0.2) is 0 Å². The number of allylic oxidation sites excluding steroid dienone is 4. The van der Waals surface area contributed by atoms with E-state index in [0.717, 1.165) is 6.16 Å². The zero-order valence-electron chi connectivity index (χ0n) is 23.5. The highest BCUT2D eigenvalue weighted by Crippen LogP contribution is 2.69. The highest BCUT2D eigenvalue weighted by atomic mass is 35.5. The van der Waals surface area contributed by atoms with Crippen molar-refractivity contribution in [2.45, 2.75) is 39.2 Å². The lowest BCUT2D eigenvalue weighted by atomic mass is 9.76. The molecule has 0 saturated heterocycles. The fourth-order valence-electron chi connectivity index (χ4n) is 6.09. The molecular weight excluding hydrogens is 530 g/mol. The van der Waals surface area contributed by atoms with Gasteiger partial charge in [0.05, 0.1) is 4.62 Å². The van der Waals surface area contributed by atoms with E-state index in [2.05, 4.69) is 156 Å². The Morgan fingerprint density at radius 3 is 1.18 bits per heavy atom. The number of rotatable bonds is 8. The summed E-state index contributed by atoms with van der Waals surface area (Å²) in [6.45, 7) is 11.6. The first-order valence-electron chi connectivity index (χ1n) is 13.6. The zero-order valence-corrected chi connectivity index (χ0v) is 26.1. The topological polar surface area (TPSA) is 0 Å². The normalized spacial score (nSPS) is 16.7. The molecule has 1 unspecified atom stereocenters. The van der Waals surface area contributed by atoms with Gasteiger partial charge in [0.2, 0.25) is 0 Å². The smallest absolute Gasteiger partial charge is 0.0895 e. The molecule has 4 aromatic carbocycles. The van der Waals surface area contributed by atoms with Crippen molar-refractivity contribution in [3.05, 3.63) is 144 Å². The van der Waals surface area contributed by atoms with Gasteiger partial charge in [0, 0.05) is 11.6 Å². The van der Waals surface area contributed by atoms with E-state index in [-0.39, 0.29) is 5.41 Å². The molecule has 4 aromatic rings. The molecule has 0 spiro atoms. The minimum Gasteiger partial charge on any atom is -0.112 e. The Hall–Kier alpha value is -2.49. The number of hydrogen-bond acceptors (Lipinski definition) is 0. The Morgan fingerprint density at radius 1 is 0.538 bits per heavy atom. The predicted molar refractivity (Wildman–Crippen MR) is 176 cm³/mol. The molecule has 0 fully saturated rings. The maximum Gasteiger partial charge on any atom is 0.0895 e. The third-order valence-corrected chi connectivity index (χ3v) is 15.9. The molecule has 198 valence electrons. The SMILES string of the molecule is CC1=C(C)C(C)(C(Cl)(CP(c2ccccc2)c2ccccc2)P(c2ccccc2)c2ccccc2)C(C)=C1C. The van der Waals surface area contributed by atoms with E-state index in [4.69, 9.17) is 11.6 Å². The quantitative estimate of drug-likeness (QED) is 0.148. The molecule has 0 radical (unpaired) electrons. The van der Waals surface area contributed by atoms with E-state index in [1.165, 1.54) is 43.5 Å². The van der Waals surface area contributed by atoms with E-state index < -0.39 is 20.5 Å². The largest absolute Gasteiger partial charge is 0.112 e. The van der Waals surface area contributed by atoms with Crippen LogP contribution in [-0.2, 0) is 0 Å². The van der Waals surface area contributed by atoms with Crippen molar-refractivity contribution in [1.29, 1.82) is 0 Å². The van der Waals surface area contributed by atoms with Gasteiger partial charge in [0.15, 0.2) is 0 Å². The molecule has 0 aliphatic heterocycles. The highest BCUT2D eigenvalue weighted by molar-refractivity contribution is 7.79. The van der Waals surface area contributed by atoms with E-state index in [1.54, 1.807) is 0 Å². The molecule has 0 nitrogen and oxygen atoms in total. The van der Waals surface area contributed by atoms with Crippen molar-refractivity contribution in [2.75, 3.05) is 6.16 Å². The molecule has 0 heterocycles. The third kappa shape index (κ3) is 4.98. The fraction of sp³-hybridized carbons (Fsp3) is 0.222. The van der Waals surface area contributed by atoms with Crippen LogP contribution in [0.4, 0.5) is 0 Å². The first kappa shape index (κ1) is 28.1. The number of hydrogen-bond donors (Lipinski definition) is 0. The van der Waals surface area contributed by atoms with E-state index in [1.807, 2.05) is 0 Å². The molecule has 0 N–H and O–H groups in total. The van der Waals surface area contributed by atoms with Crippen LogP contribution in [-0.4, -0.2) is 10.8 Å². The second-order valence-electron chi connectivity index (χ2n) is 10.6. The standard InChI is InChI=1S/C36H37ClP2/c1-27-28(2)30(4)35(5,29(27)3)36(37,39(33-22-14-8-15-23-33)34-24-16-9-17-25-34)26-38(31-18-10-6-11-19-31)32-20-12-7-13-21-32/h6-25H,26H2,1-5H3. The first-order chi connectivity index (χ1) is 18.8. The Morgan fingerprint density at radius 2 is 0.846 bits per heavy atom. The fourth-order valence-corrected chi connectivity index (χ4v) is 13.6. The summed E-state index contributed by atoms with van der Waals surface area (Å²) in [5.41, 5.74) is 5.29. The van der Waals surface area contributed by atoms with Gasteiger partial charge in [0.25, 0.3) is 0 Å². The summed E-state index contributed by atoms with van der Waals surface area (Å²) in [6.07, 6.45) is 0.874. The van der Waals surface area contributed by atoms with Crippen LogP contribution in [0.15, 0.2) is 144 Å². The van der Waals surface area contributed by atoms with Crippen LogP contribution in [0.3, 0.4) is 0 Å². The summed E-state index contributed by atoms with van der Waals surface area (Å²) in [4.78, 5) is 0. The molecule has 0 bridgehead atoms. The van der Waals surface area contributed by atoms with Crippen LogP contribution >= 0.6 is 27.4 Å². The van der Waals surface area contributed by atoms with Gasteiger partial charge in [-0.2, -0.15) is 0 Å². The van der Waals surface area contributed by atoms with Gasteiger partial charge in [-0.3, -0.25) is 0 Å². The van der Waals surface area contributed by atoms with Gasteiger partial charge in [-0.1, -0.05) is 132 Å². The van der Waals surface area contributed by atoms with Gasteiger partial charge in [-0.05, 0) is 82.8 Å². The molecule has 39 heavy (non-hydrogen) atoms. The zero-order chi connectivity index (χ0) is 27.6. The summed E-state index contributed by atoms with van der Waals surface area (Å²) in [6, 6.07) is 44.1. The van der Waals surface area contributed by atoms with Crippen LogP contribution in [0.5, 0.6) is 0 Å². The van der Waals surface area contributed by atoms with Crippen LogP contribution in [0.25, 0.3) is 0 Å². The molecule has 5 rings (SSSR count). The van der Waals surface area contributed by atoms with Gasteiger partial charge in [-0.15, -0.1) is 11.6 Å². The minimum atomic E-state index is -0.947. The molecule has 0 saturated carbocycles. The van der Waals surface area contributed by atoms with E-state index in [0.29, 0.717) is 0 Å². The first-order valence-corrected chi connectivity index (χ1v) is 16.9. The summed E-state index contributed by atoms with van der Waals surface area (Å²) < 4.78 is -0.574. The lowest BCUT2D eigenvalue weighted by Crippen LogP contribution is -2.48. The Balaban J connectivity index is 1.81. The average Bonchev–Trinajstić information content (AvgIpc) is 3.14. The molecule has 0 aromatic heterocycles. The van der Waals surface area contributed by atoms with Gasteiger partial charge >= 0.3 is 0 Å². The van der Waals surface area contributed by atoms with Crippen LogP contribution in [0.2, 0.25) is 0 Å². The molecule has 1 aliphatic rings. The van der Waals surface area contributed by atoms with E-state index >= 15 is 0 Å². The summed E-state index contributed by atoms with van der Waals surface area (Å²) in [5.74, 6) is 0. The van der Waals surface area contributed by atoms with Gasteiger partial charge < -0.3 is 0 Å². The van der Waals surface area contributed by atoms with Crippen LogP contribution in [0.1, 0.15) is 34.6 Å². The second kappa shape index (κ2) is 11.6.